The van der Waals surface area contributed by atoms with E-state index in [2.05, 4.69) is 23.9 Å². The molecule has 0 unspecified atom stereocenters. The van der Waals surface area contributed by atoms with Gasteiger partial charge in [-0.05, 0) is 19.9 Å². The van der Waals surface area contributed by atoms with Crippen LogP contribution in [0.3, 0.4) is 0 Å². The summed E-state index contributed by atoms with van der Waals surface area (Å²) in [5.41, 5.74) is 2.11. The van der Waals surface area contributed by atoms with Crippen molar-refractivity contribution in [3.8, 4) is 0 Å². The molecule has 0 aliphatic rings. The maximum absolute atomic E-state index is 5.43. The molecule has 1 aromatic heterocycles. The minimum absolute atomic E-state index is 0.631. The van der Waals surface area contributed by atoms with Gasteiger partial charge in [-0.2, -0.15) is 5.10 Å². The third-order valence-electron chi connectivity index (χ3n) is 2.34. The summed E-state index contributed by atoms with van der Waals surface area (Å²) in [4.78, 5) is 0. The number of ether oxygens (including phenoxy) is 1. The molecule has 0 bridgehead atoms. The summed E-state index contributed by atoms with van der Waals surface area (Å²) in [6, 6.07) is 0. The van der Waals surface area contributed by atoms with Gasteiger partial charge in [-0.1, -0.05) is 13.5 Å². The average Bonchev–Trinajstić information content (AvgIpc) is 2.61. The predicted octanol–water partition coefficient (Wildman–Crippen LogP) is 1.93. The fraction of sp³-hybridized carbons (Fsp3) is 0.583. The second-order valence-electron chi connectivity index (χ2n) is 3.67. The molecule has 0 fully saturated rings. The van der Waals surface area contributed by atoms with Crippen molar-refractivity contribution < 1.29 is 4.74 Å². The van der Waals surface area contributed by atoms with Gasteiger partial charge in [0.1, 0.15) is 11.5 Å². The van der Waals surface area contributed by atoms with Crippen molar-refractivity contribution in [3.63, 3.8) is 0 Å². The summed E-state index contributed by atoms with van der Waals surface area (Å²) in [6.45, 7) is 10.5. The van der Waals surface area contributed by atoms with Crippen molar-refractivity contribution in [3.05, 3.63) is 24.0 Å². The fourth-order valence-corrected chi connectivity index (χ4v) is 1.61. The summed E-state index contributed by atoms with van der Waals surface area (Å²) >= 11 is 0. The minimum Gasteiger partial charge on any atom is -0.492 e. The lowest BCUT2D eigenvalue weighted by atomic mass is 10.2. The number of hydrogen-bond acceptors (Lipinski definition) is 3. The average molecular weight is 223 g/mol. The van der Waals surface area contributed by atoms with Crippen LogP contribution >= 0.6 is 0 Å². The molecular weight excluding hydrogens is 202 g/mol. The number of aromatic nitrogens is 2. The van der Waals surface area contributed by atoms with E-state index in [1.54, 1.807) is 4.68 Å². The molecule has 4 nitrogen and oxygen atoms in total. The van der Waals surface area contributed by atoms with E-state index in [0.717, 1.165) is 30.8 Å². The Kier molecular flexibility index (Phi) is 5.05. The van der Waals surface area contributed by atoms with Crippen LogP contribution in [0.5, 0.6) is 0 Å². The van der Waals surface area contributed by atoms with E-state index in [4.69, 9.17) is 4.74 Å². The number of aryl methyl sites for hydroxylation is 1. The van der Waals surface area contributed by atoms with Gasteiger partial charge in [0.05, 0.1) is 12.8 Å². The number of nitrogens with one attached hydrogen (secondary N) is 1. The maximum Gasteiger partial charge on any atom is 0.137 e. The number of hydrogen-bond donors (Lipinski definition) is 1. The second kappa shape index (κ2) is 6.33. The molecule has 0 aromatic carbocycles. The summed E-state index contributed by atoms with van der Waals surface area (Å²) in [6.07, 6.45) is 2.99. The molecule has 1 rings (SSSR count). The summed E-state index contributed by atoms with van der Waals surface area (Å²) < 4.78 is 7.24. The molecular formula is C12H21N3O. The first-order valence-electron chi connectivity index (χ1n) is 5.74. The molecule has 0 atom stereocenters. The molecule has 0 saturated heterocycles. The Labute approximate surface area is 97.3 Å². The summed E-state index contributed by atoms with van der Waals surface area (Å²) in [5, 5.41) is 7.59. The van der Waals surface area contributed by atoms with Crippen LogP contribution in [0.2, 0.25) is 0 Å². The van der Waals surface area contributed by atoms with Gasteiger partial charge in [0, 0.05) is 19.2 Å². The molecule has 90 valence electrons. The van der Waals surface area contributed by atoms with Crippen molar-refractivity contribution in [2.45, 2.75) is 26.8 Å². The van der Waals surface area contributed by atoms with Crippen molar-refractivity contribution in [1.82, 2.24) is 15.1 Å². The Morgan fingerprint density at radius 3 is 2.94 bits per heavy atom. The third-order valence-corrected chi connectivity index (χ3v) is 2.34. The Balaban J connectivity index is 2.73. The molecule has 0 aliphatic carbocycles. The minimum atomic E-state index is 0.631. The van der Waals surface area contributed by atoms with Crippen molar-refractivity contribution in [2.75, 3.05) is 13.2 Å². The van der Waals surface area contributed by atoms with Crippen molar-refractivity contribution in [1.29, 1.82) is 0 Å². The van der Waals surface area contributed by atoms with Crippen LogP contribution in [0.25, 0.3) is 5.76 Å². The normalized spacial score (nSPS) is 10.4. The molecule has 1 aromatic rings. The van der Waals surface area contributed by atoms with Crippen LogP contribution in [-0.4, -0.2) is 22.9 Å². The first-order valence-corrected chi connectivity index (χ1v) is 5.74. The Bertz CT molecular complexity index is 344. The molecule has 0 amide bonds. The van der Waals surface area contributed by atoms with E-state index in [-0.39, 0.29) is 0 Å². The smallest absolute Gasteiger partial charge is 0.137 e. The Hall–Kier alpha value is -1.29. The van der Waals surface area contributed by atoms with Gasteiger partial charge >= 0.3 is 0 Å². The van der Waals surface area contributed by atoms with Gasteiger partial charge in [-0.25, -0.2) is 0 Å². The van der Waals surface area contributed by atoms with Gasteiger partial charge < -0.3 is 10.1 Å². The first-order chi connectivity index (χ1) is 7.70. The second-order valence-corrected chi connectivity index (χ2v) is 3.67. The van der Waals surface area contributed by atoms with Crippen LogP contribution in [0, 0.1) is 0 Å². The molecule has 0 radical (unpaired) electrons. The van der Waals surface area contributed by atoms with Crippen LogP contribution in [-0.2, 0) is 18.3 Å². The lowest BCUT2D eigenvalue weighted by molar-refractivity contribution is 0.295. The highest BCUT2D eigenvalue weighted by Gasteiger charge is 2.12. The van der Waals surface area contributed by atoms with Gasteiger partial charge in [0.25, 0.3) is 0 Å². The highest BCUT2D eigenvalue weighted by molar-refractivity contribution is 5.57. The SMILES string of the molecule is C=C(OCC)c1c(CNCCC)cnn1C. The van der Waals surface area contributed by atoms with E-state index < -0.39 is 0 Å². The topological polar surface area (TPSA) is 39.1 Å². The lowest BCUT2D eigenvalue weighted by Crippen LogP contribution is -2.15. The monoisotopic (exact) mass is 223 g/mol. The van der Waals surface area contributed by atoms with Crippen LogP contribution in [0.1, 0.15) is 31.5 Å². The van der Waals surface area contributed by atoms with E-state index in [1.165, 1.54) is 0 Å². The molecule has 1 heterocycles. The van der Waals surface area contributed by atoms with E-state index in [1.807, 2.05) is 20.2 Å². The Morgan fingerprint density at radius 1 is 1.56 bits per heavy atom. The standard InChI is InChI=1S/C12H21N3O/c1-5-7-13-8-11-9-14-15(4)12(11)10(3)16-6-2/h9,13H,3,5-8H2,1-2,4H3. The molecule has 1 N–H and O–H groups in total. The van der Waals surface area contributed by atoms with E-state index >= 15 is 0 Å². The highest BCUT2D eigenvalue weighted by Crippen LogP contribution is 2.17. The molecule has 16 heavy (non-hydrogen) atoms. The van der Waals surface area contributed by atoms with Crippen molar-refractivity contribution in [2.24, 2.45) is 7.05 Å². The first kappa shape index (κ1) is 12.8. The van der Waals surface area contributed by atoms with Gasteiger partial charge in [-0.3, -0.25) is 4.68 Å². The number of nitrogens with zero attached hydrogens (tertiary/aromatic N) is 2. The zero-order valence-corrected chi connectivity index (χ0v) is 10.4. The lowest BCUT2D eigenvalue weighted by Gasteiger charge is -2.10. The van der Waals surface area contributed by atoms with Crippen LogP contribution < -0.4 is 5.32 Å². The number of rotatable bonds is 7. The fourth-order valence-electron chi connectivity index (χ4n) is 1.61. The van der Waals surface area contributed by atoms with Gasteiger partial charge in [-0.15, -0.1) is 0 Å². The molecule has 0 saturated carbocycles. The molecule has 0 aliphatic heterocycles. The van der Waals surface area contributed by atoms with Crippen LogP contribution in [0.15, 0.2) is 12.8 Å². The summed E-state index contributed by atoms with van der Waals surface area (Å²) in [7, 11) is 1.91. The Morgan fingerprint density at radius 2 is 2.31 bits per heavy atom. The highest BCUT2D eigenvalue weighted by atomic mass is 16.5. The molecule has 0 spiro atoms. The maximum atomic E-state index is 5.43. The zero-order valence-electron chi connectivity index (χ0n) is 10.4. The van der Waals surface area contributed by atoms with E-state index in [9.17, 15) is 0 Å². The van der Waals surface area contributed by atoms with Crippen molar-refractivity contribution >= 4 is 5.76 Å². The van der Waals surface area contributed by atoms with Gasteiger partial charge in [0.15, 0.2) is 0 Å². The van der Waals surface area contributed by atoms with E-state index in [0.29, 0.717) is 12.4 Å². The molecule has 4 heteroatoms. The zero-order chi connectivity index (χ0) is 12.0. The summed E-state index contributed by atoms with van der Waals surface area (Å²) in [5.74, 6) is 0.691. The predicted molar refractivity (Wildman–Crippen MR) is 65.9 cm³/mol. The third kappa shape index (κ3) is 3.10. The quantitative estimate of drug-likeness (QED) is 0.567. The van der Waals surface area contributed by atoms with Crippen LogP contribution in [0.4, 0.5) is 0 Å². The van der Waals surface area contributed by atoms with Gasteiger partial charge in [0.2, 0.25) is 0 Å². The largest absolute Gasteiger partial charge is 0.492 e.